The van der Waals surface area contributed by atoms with Crippen molar-refractivity contribution in [3.8, 4) is 45.6 Å². The van der Waals surface area contributed by atoms with E-state index in [1.807, 2.05) is 123 Å². The van der Waals surface area contributed by atoms with Crippen molar-refractivity contribution in [2.24, 2.45) is 0 Å². The van der Waals surface area contributed by atoms with Crippen LogP contribution in [0, 0.1) is 13.8 Å². The molecule has 1 aliphatic rings. The second-order valence-electron chi connectivity index (χ2n) is 29.9. The lowest BCUT2D eigenvalue weighted by Crippen LogP contribution is -2.56. The first-order chi connectivity index (χ1) is 47.1. The fourth-order valence-electron chi connectivity index (χ4n) is 13.5. The monoisotopic (exact) mass is 1490 g/mol. The van der Waals surface area contributed by atoms with E-state index in [0.717, 1.165) is 86.1 Å². The predicted molar refractivity (Wildman–Crippen MR) is 418 cm³/mol. The maximum Gasteiger partial charge on any atom is 0.519 e. The van der Waals surface area contributed by atoms with Gasteiger partial charge in [0.2, 0.25) is 0 Å². The van der Waals surface area contributed by atoms with Gasteiger partial charge in [-0.15, -0.1) is 0 Å². The van der Waals surface area contributed by atoms with Gasteiger partial charge in [-0.1, -0.05) is 154 Å². The van der Waals surface area contributed by atoms with Crippen LogP contribution < -0.4 is 28.4 Å². The zero-order valence-corrected chi connectivity index (χ0v) is 70.4. The van der Waals surface area contributed by atoms with Crippen molar-refractivity contribution in [3.63, 3.8) is 0 Å². The van der Waals surface area contributed by atoms with Gasteiger partial charge in [0, 0.05) is 5.41 Å². The highest BCUT2D eigenvalue weighted by atomic mass is 28.5. The minimum atomic E-state index is -2.63. The van der Waals surface area contributed by atoms with Gasteiger partial charge in [0.1, 0.15) is 44.3 Å². The molecule has 23 heteroatoms. The second kappa shape index (κ2) is 32.2. The fraction of sp³-hybridized carbons (Fsp3) is 0.338. The smallest absolute Gasteiger partial charge is 0.447 e. The summed E-state index contributed by atoms with van der Waals surface area (Å²) in [6.07, 6.45) is 0.283. The number of aryl methyl sites for hydroxylation is 4. The number of benzene rings is 8. The van der Waals surface area contributed by atoms with Crippen LogP contribution in [0.15, 0.2) is 182 Å². The molecule has 0 saturated carbocycles. The molecular formula is C77H100O15Si8. The summed E-state index contributed by atoms with van der Waals surface area (Å²) in [6.45, 7) is 38.4. The molecule has 0 spiro atoms. The minimum Gasteiger partial charge on any atom is -0.447 e. The van der Waals surface area contributed by atoms with Crippen molar-refractivity contribution in [2.45, 2.75) is 168 Å². The van der Waals surface area contributed by atoms with Crippen LogP contribution in [0.1, 0.15) is 82.3 Å². The van der Waals surface area contributed by atoms with Crippen molar-refractivity contribution in [3.05, 3.63) is 238 Å². The summed E-state index contributed by atoms with van der Waals surface area (Å²) in [7, 11) is -14.9. The lowest BCUT2D eigenvalue weighted by atomic mass is 9.67. The first-order valence-corrected chi connectivity index (χ1v) is 55.8. The van der Waals surface area contributed by atoms with Crippen LogP contribution in [0.2, 0.25) is 104 Å². The zero-order valence-electron chi connectivity index (χ0n) is 61.6. The molecule has 1 aliphatic carbocycles. The quantitative estimate of drug-likeness (QED) is 0.0181. The van der Waals surface area contributed by atoms with Crippen molar-refractivity contribution in [1.29, 1.82) is 0 Å². The summed E-state index contributed by atoms with van der Waals surface area (Å²) in [5.74, 6) is 2.15. The molecule has 0 bridgehead atoms. The van der Waals surface area contributed by atoms with Crippen LogP contribution in [-0.2, 0) is 48.4 Å². The normalized spacial score (nSPS) is 14.5. The number of carbonyl (C=O) groups excluding carboxylic acids is 3. The molecular weight excluding hydrogens is 1390 g/mol. The molecule has 8 aromatic carbocycles. The lowest BCUT2D eigenvalue weighted by Gasteiger charge is -2.41. The van der Waals surface area contributed by atoms with Crippen LogP contribution in [0.25, 0.3) is 11.1 Å². The average Bonchev–Trinajstić information content (AvgIpc) is 1.52. The average molecular weight is 1490 g/mol. The van der Waals surface area contributed by atoms with Crippen LogP contribution in [0.5, 0.6) is 34.5 Å². The van der Waals surface area contributed by atoms with Gasteiger partial charge in [-0.05, 0) is 252 Å². The molecule has 0 heterocycles. The van der Waals surface area contributed by atoms with E-state index in [9.17, 15) is 14.4 Å². The number of para-hydroxylation sites is 2. The summed E-state index contributed by atoms with van der Waals surface area (Å²) in [5.41, 5.74) is 9.37. The zero-order chi connectivity index (χ0) is 72.5. The van der Waals surface area contributed by atoms with Gasteiger partial charge in [0.15, 0.2) is 25.0 Å². The van der Waals surface area contributed by atoms with Crippen molar-refractivity contribution in [2.75, 3.05) is 0 Å². The third-order valence-corrected chi connectivity index (χ3v) is 41.5. The molecule has 2 unspecified atom stereocenters. The first-order valence-electron chi connectivity index (χ1n) is 34.6. The summed E-state index contributed by atoms with van der Waals surface area (Å²) in [6, 6.07) is 59.8. The van der Waals surface area contributed by atoms with E-state index in [-0.39, 0.29) is 0 Å². The van der Waals surface area contributed by atoms with E-state index in [0.29, 0.717) is 52.9 Å². The number of carbonyl (C=O) groups is 3. The van der Waals surface area contributed by atoms with E-state index in [2.05, 4.69) is 142 Å². The Kier molecular flexibility index (Phi) is 24.8. The summed E-state index contributed by atoms with van der Waals surface area (Å²) < 4.78 is 75.1. The molecule has 0 radical (unpaired) electrons. The number of fused-ring (bicyclic) bond motifs is 3. The van der Waals surface area contributed by atoms with E-state index in [1.165, 1.54) is 0 Å². The van der Waals surface area contributed by atoms with Crippen molar-refractivity contribution >= 4 is 88.9 Å². The lowest BCUT2D eigenvalue weighted by molar-refractivity contribution is 0.150. The highest BCUT2D eigenvalue weighted by Gasteiger charge is 2.48. The Bertz CT molecular complexity index is 4120. The van der Waals surface area contributed by atoms with Gasteiger partial charge < -0.3 is 53.1 Å². The third-order valence-electron chi connectivity index (χ3n) is 17.3. The van der Waals surface area contributed by atoms with E-state index in [4.69, 9.17) is 53.1 Å². The molecule has 0 amide bonds. The largest absolute Gasteiger partial charge is 0.519 e. The Morgan fingerprint density at radius 1 is 0.420 bits per heavy atom. The molecule has 0 saturated heterocycles. The molecule has 15 nitrogen and oxygen atoms in total. The number of rotatable bonds is 30. The molecule has 530 valence electrons. The number of ether oxygens (including phenoxy) is 6. The van der Waals surface area contributed by atoms with Crippen LogP contribution >= 0.6 is 0 Å². The second-order valence-corrected chi connectivity index (χ2v) is 57.8. The highest BCUT2D eigenvalue weighted by Crippen LogP contribution is 2.57. The van der Waals surface area contributed by atoms with Gasteiger partial charge in [0.05, 0.1) is 5.41 Å². The van der Waals surface area contributed by atoms with Crippen LogP contribution in [-0.4, -0.2) is 88.9 Å². The SMILES string of the molecule is C[SiH2]O[SiH2]O[Si](C)(CCCc1ccccc1OC(=O)Oc1cc(C2(c3ccc(C)c(OC(=O)Oc4ccc(C(C)(C)c5ccc(OC(=O)Oc6ccccc6CCC[Si](C)(O[Si](C)(C)C)O[Si](C)(C)O[Si](C)(C)C)cc5)cc4)c3)c3ccccc3-c3ccccc32)ccc1C)O[Si](C)(C)C. The van der Waals surface area contributed by atoms with Gasteiger partial charge in [-0.2, -0.15) is 0 Å². The molecule has 0 aromatic heterocycles. The number of hydrogen-bond donors (Lipinski definition) is 0. The van der Waals surface area contributed by atoms with Crippen LogP contribution in [0.4, 0.5) is 14.4 Å². The van der Waals surface area contributed by atoms with Gasteiger partial charge in [-0.3, -0.25) is 0 Å². The Morgan fingerprint density at radius 3 is 1.23 bits per heavy atom. The standard InChI is InChI=1S/C77H100O15Si8/c1-55-39-41-61(77(67-35-23-21-33-65(67)66-34-22-24-36-68(66)77)62-42-40-56(2)72(54-62)86-75(80)84-70-38-26-20-29-57(70)31-27-51-99(17,88-94-87-93-5)90-96(9,10)11)53-71(55)85-74(79)82-64-49-45-60(46-50-64)76(3,4)59-43-47-63(48-44-59)81-73(78)83-69-37-25-19-30-58(69)32-28-52-100(18,91-97(12,13)14)92-98(15,16)89-95(6,7)8/h19-26,29-30,33-50,53-54H,27-28,31-32,51-52,93-94H2,1-18H3. The summed E-state index contributed by atoms with van der Waals surface area (Å²) in [5, 5.41) is 0. The van der Waals surface area contributed by atoms with Crippen LogP contribution in [0.3, 0.4) is 0 Å². The maximum absolute atomic E-state index is 14.1. The van der Waals surface area contributed by atoms with E-state index in [1.54, 1.807) is 36.4 Å². The fourth-order valence-corrected chi connectivity index (χ4v) is 41.9. The van der Waals surface area contributed by atoms with Crippen molar-refractivity contribution < 1.29 is 67.5 Å². The molecule has 0 fully saturated rings. The molecule has 100 heavy (non-hydrogen) atoms. The molecule has 0 aliphatic heterocycles. The third kappa shape index (κ3) is 20.2. The molecule has 2 atom stereocenters. The maximum atomic E-state index is 14.1. The highest BCUT2D eigenvalue weighted by molar-refractivity contribution is 6.89. The summed E-state index contributed by atoms with van der Waals surface area (Å²) >= 11 is 0. The Morgan fingerprint density at radius 2 is 0.800 bits per heavy atom. The topological polar surface area (TPSA) is 162 Å². The Balaban J connectivity index is 0.861. The minimum absolute atomic E-state index is 0.295. The predicted octanol–water partition coefficient (Wildman–Crippen LogP) is 19.2. The van der Waals surface area contributed by atoms with Gasteiger partial charge in [-0.25, -0.2) is 14.4 Å². The van der Waals surface area contributed by atoms with E-state index < -0.39 is 99.7 Å². The Hall–Kier alpha value is -6.93. The van der Waals surface area contributed by atoms with Gasteiger partial charge >= 0.3 is 44.1 Å². The first kappa shape index (κ1) is 77.2. The van der Waals surface area contributed by atoms with Gasteiger partial charge in [0.25, 0.3) is 10.0 Å². The molecule has 0 N–H and O–H groups in total. The van der Waals surface area contributed by atoms with E-state index >= 15 is 0 Å². The molecule has 8 aromatic rings. The number of hydrogen-bond acceptors (Lipinski definition) is 15. The summed E-state index contributed by atoms with van der Waals surface area (Å²) in [4.78, 5) is 41.4. The molecule has 9 rings (SSSR count). The Labute approximate surface area is 603 Å². The van der Waals surface area contributed by atoms with Crippen molar-refractivity contribution in [1.82, 2.24) is 0 Å².